The Morgan fingerprint density at radius 1 is 1.12 bits per heavy atom. The van der Waals surface area contributed by atoms with Crippen molar-refractivity contribution in [2.75, 3.05) is 12.0 Å². The molecule has 6 nitrogen and oxygen atoms in total. The summed E-state index contributed by atoms with van der Waals surface area (Å²) in [6.45, 7) is 0. The van der Waals surface area contributed by atoms with Crippen molar-refractivity contribution in [3.63, 3.8) is 0 Å². The second-order valence-corrected chi connectivity index (χ2v) is 6.07. The molecule has 0 atom stereocenters. The molecule has 0 spiro atoms. The van der Waals surface area contributed by atoms with Gasteiger partial charge in [-0.2, -0.15) is 0 Å². The van der Waals surface area contributed by atoms with E-state index in [0.717, 1.165) is 16.7 Å². The van der Waals surface area contributed by atoms with Gasteiger partial charge in [-0.25, -0.2) is 9.69 Å². The summed E-state index contributed by atoms with van der Waals surface area (Å²) in [5, 5.41) is 8.78. The predicted octanol–water partition coefficient (Wildman–Crippen LogP) is 3.63. The third kappa shape index (κ3) is 3.14. The molecule has 0 aromatic heterocycles. The number of benzene rings is 2. The van der Waals surface area contributed by atoms with Crippen molar-refractivity contribution in [1.29, 1.82) is 0 Å². The smallest absolute Gasteiger partial charge is 0.336 e. The number of carbonyl (C=O) groups excluding carboxylic acids is 2. The summed E-state index contributed by atoms with van der Waals surface area (Å²) in [6, 6.07) is 13.0. The van der Waals surface area contributed by atoms with Gasteiger partial charge in [-0.15, -0.1) is 0 Å². The minimum atomic E-state index is -1.10. The second-order valence-electron chi connectivity index (χ2n) is 5.08. The molecule has 1 saturated heterocycles. The number of methoxy groups -OCH3 is 1. The zero-order chi connectivity index (χ0) is 18.0. The van der Waals surface area contributed by atoms with Crippen LogP contribution in [-0.2, 0) is 4.79 Å². The molecule has 7 heteroatoms. The number of carbonyl (C=O) groups is 3. The highest BCUT2D eigenvalue weighted by Gasteiger charge is 2.37. The molecule has 3 rings (SSSR count). The van der Waals surface area contributed by atoms with Crippen LogP contribution < -0.4 is 9.64 Å². The Balaban J connectivity index is 2.01. The molecule has 1 N–H and O–H groups in total. The number of rotatable bonds is 4. The van der Waals surface area contributed by atoms with E-state index in [4.69, 9.17) is 4.74 Å². The van der Waals surface area contributed by atoms with E-state index in [9.17, 15) is 19.5 Å². The Kier molecular flexibility index (Phi) is 4.58. The maximum absolute atomic E-state index is 12.7. The minimum Gasteiger partial charge on any atom is -0.495 e. The Hall–Kier alpha value is -3.06. The Morgan fingerprint density at radius 3 is 2.52 bits per heavy atom. The molecule has 2 amide bonds. The normalized spacial score (nSPS) is 15.7. The number of nitrogens with zero attached hydrogens (tertiary/aromatic N) is 1. The topological polar surface area (TPSA) is 83.9 Å². The van der Waals surface area contributed by atoms with E-state index in [0.29, 0.717) is 17.0 Å². The first-order valence-electron chi connectivity index (χ1n) is 7.26. The lowest BCUT2D eigenvalue weighted by atomic mass is 10.1. The highest BCUT2D eigenvalue weighted by Crippen LogP contribution is 2.39. The van der Waals surface area contributed by atoms with Gasteiger partial charge in [-0.1, -0.05) is 30.3 Å². The van der Waals surface area contributed by atoms with Crippen LogP contribution in [0.2, 0.25) is 0 Å². The fourth-order valence-electron chi connectivity index (χ4n) is 2.45. The van der Waals surface area contributed by atoms with Gasteiger partial charge in [0.15, 0.2) is 0 Å². The predicted molar refractivity (Wildman–Crippen MR) is 94.8 cm³/mol. The van der Waals surface area contributed by atoms with Crippen molar-refractivity contribution in [2.24, 2.45) is 0 Å². The van der Waals surface area contributed by atoms with Crippen LogP contribution in [0.25, 0.3) is 6.08 Å². The molecule has 1 aliphatic rings. The number of anilines is 1. The van der Waals surface area contributed by atoms with Gasteiger partial charge in [0.1, 0.15) is 5.75 Å². The highest BCUT2D eigenvalue weighted by molar-refractivity contribution is 8.19. The molecular weight excluding hydrogens is 342 g/mol. The lowest BCUT2D eigenvalue weighted by molar-refractivity contribution is -0.113. The van der Waals surface area contributed by atoms with Crippen LogP contribution in [0.15, 0.2) is 53.4 Å². The van der Waals surface area contributed by atoms with E-state index in [2.05, 4.69) is 0 Å². The fourth-order valence-corrected chi connectivity index (χ4v) is 3.27. The summed E-state index contributed by atoms with van der Waals surface area (Å²) < 4.78 is 5.21. The Morgan fingerprint density at radius 2 is 1.80 bits per heavy atom. The quantitative estimate of drug-likeness (QED) is 0.843. The molecule has 0 bridgehead atoms. The third-order valence-electron chi connectivity index (χ3n) is 3.60. The molecule has 1 aliphatic heterocycles. The third-order valence-corrected chi connectivity index (χ3v) is 4.47. The molecular formula is C18H13NO5S. The van der Waals surface area contributed by atoms with E-state index in [1.165, 1.54) is 19.3 Å². The van der Waals surface area contributed by atoms with Crippen molar-refractivity contribution in [1.82, 2.24) is 0 Å². The fraction of sp³-hybridized carbons (Fsp3) is 0.0556. The summed E-state index contributed by atoms with van der Waals surface area (Å²) in [6.07, 6.45) is 1.42. The first-order valence-corrected chi connectivity index (χ1v) is 8.08. The van der Waals surface area contributed by atoms with Crippen molar-refractivity contribution in [3.05, 3.63) is 64.6 Å². The number of hydrogen-bond donors (Lipinski definition) is 1. The molecule has 25 heavy (non-hydrogen) atoms. The molecule has 1 heterocycles. The van der Waals surface area contributed by atoms with Crippen molar-refractivity contribution in [2.45, 2.75) is 0 Å². The Labute approximate surface area is 147 Å². The maximum atomic E-state index is 12.7. The lowest BCUT2D eigenvalue weighted by Gasteiger charge is -2.15. The van der Waals surface area contributed by atoms with Crippen molar-refractivity contribution >= 4 is 40.6 Å². The zero-order valence-corrected chi connectivity index (χ0v) is 13.9. The first-order chi connectivity index (χ1) is 12.0. The van der Waals surface area contributed by atoms with Crippen LogP contribution in [0.1, 0.15) is 15.9 Å². The number of amides is 2. The average molecular weight is 355 g/mol. The van der Waals surface area contributed by atoms with Gasteiger partial charge in [0.25, 0.3) is 11.1 Å². The van der Waals surface area contributed by atoms with Gasteiger partial charge in [-0.05, 0) is 41.6 Å². The molecule has 0 aliphatic carbocycles. The Bertz CT molecular complexity index is 906. The molecule has 126 valence electrons. The number of thioether (sulfide) groups is 1. The maximum Gasteiger partial charge on any atom is 0.336 e. The van der Waals surface area contributed by atoms with E-state index in [-0.39, 0.29) is 10.5 Å². The molecule has 2 aromatic rings. The van der Waals surface area contributed by atoms with Gasteiger partial charge < -0.3 is 9.84 Å². The van der Waals surface area contributed by atoms with Crippen LogP contribution in [0.4, 0.5) is 10.5 Å². The van der Waals surface area contributed by atoms with Gasteiger partial charge >= 0.3 is 5.97 Å². The van der Waals surface area contributed by atoms with Gasteiger partial charge in [0.05, 0.1) is 23.3 Å². The standard InChI is InChI=1S/C18H13NO5S/c1-24-14-9-5-4-8-13(14)19-16(20)15(25-18(19)23)10-11-6-2-3-7-12(11)17(21)22/h2-10H,1H3,(H,21,22)/b15-10+. The minimum absolute atomic E-state index is 0.0617. The number of carboxylic acids is 1. The molecule has 2 aromatic carbocycles. The summed E-state index contributed by atoms with van der Waals surface area (Å²) in [5.41, 5.74) is 0.773. The van der Waals surface area contributed by atoms with E-state index in [1.807, 2.05) is 0 Å². The number of hydrogen-bond acceptors (Lipinski definition) is 5. The second kappa shape index (κ2) is 6.82. The van der Waals surface area contributed by atoms with Crippen LogP contribution in [-0.4, -0.2) is 29.3 Å². The monoisotopic (exact) mass is 355 g/mol. The molecule has 1 fully saturated rings. The number of aromatic carboxylic acids is 1. The molecule has 0 radical (unpaired) electrons. The van der Waals surface area contributed by atoms with E-state index < -0.39 is 17.1 Å². The SMILES string of the molecule is COc1ccccc1N1C(=O)S/C(=C/c2ccccc2C(=O)O)C1=O. The van der Waals surface area contributed by atoms with Gasteiger partial charge in [0, 0.05) is 0 Å². The summed E-state index contributed by atoms with van der Waals surface area (Å²) in [4.78, 5) is 37.5. The van der Waals surface area contributed by atoms with Crippen LogP contribution in [0.3, 0.4) is 0 Å². The average Bonchev–Trinajstić information content (AvgIpc) is 2.88. The number of carboxylic acid groups (broad SMARTS) is 1. The van der Waals surface area contributed by atoms with Crippen LogP contribution in [0, 0.1) is 0 Å². The van der Waals surface area contributed by atoms with Crippen LogP contribution >= 0.6 is 11.8 Å². The number of para-hydroxylation sites is 2. The summed E-state index contributed by atoms with van der Waals surface area (Å²) in [7, 11) is 1.46. The zero-order valence-electron chi connectivity index (χ0n) is 13.1. The van der Waals surface area contributed by atoms with E-state index in [1.54, 1.807) is 42.5 Å². The molecule has 0 unspecified atom stereocenters. The number of imide groups is 1. The highest BCUT2D eigenvalue weighted by atomic mass is 32.2. The molecule has 0 saturated carbocycles. The lowest BCUT2D eigenvalue weighted by Crippen LogP contribution is -2.28. The van der Waals surface area contributed by atoms with Crippen molar-refractivity contribution < 1.29 is 24.2 Å². The van der Waals surface area contributed by atoms with Gasteiger partial charge in [-0.3, -0.25) is 9.59 Å². The first kappa shape index (κ1) is 16.8. The summed E-state index contributed by atoms with van der Waals surface area (Å²) in [5.74, 6) is -1.22. The number of ether oxygens (including phenoxy) is 1. The van der Waals surface area contributed by atoms with Gasteiger partial charge in [0.2, 0.25) is 0 Å². The van der Waals surface area contributed by atoms with E-state index >= 15 is 0 Å². The largest absolute Gasteiger partial charge is 0.495 e. The van der Waals surface area contributed by atoms with Crippen molar-refractivity contribution in [3.8, 4) is 5.75 Å². The van der Waals surface area contributed by atoms with Crippen LogP contribution in [0.5, 0.6) is 5.75 Å². The summed E-state index contributed by atoms with van der Waals surface area (Å²) >= 11 is 0.761.